The normalized spacial score (nSPS) is 11.8. The molecule has 0 spiro atoms. The molecule has 0 saturated carbocycles. The fourth-order valence-corrected chi connectivity index (χ4v) is 1.50. The van der Waals surface area contributed by atoms with Gasteiger partial charge in [-0.25, -0.2) is 15.0 Å². The van der Waals surface area contributed by atoms with Gasteiger partial charge in [0, 0.05) is 25.0 Å². The summed E-state index contributed by atoms with van der Waals surface area (Å²) in [4.78, 5) is 10.6. The minimum Gasteiger partial charge on any atom is -0.384 e. The summed E-state index contributed by atoms with van der Waals surface area (Å²) in [5.41, 5.74) is 5.42. The maximum atomic E-state index is 12.6. The van der Waals surface area contributed by atoms with Crippen molar-refractivity contribution in [1.29, 1.82) is 0 Å². The lowest BCUT2D eigenvalue weighted by Crippen LogP contribution is -2.13. The predicted molar refractivity (Wildman–Crippen MR) is 58.3 cm³/mol. The summed E-state index contributed by atoms with van der Waals surface area (Å²) in [6.45, 7) is 2.42. The Morgan fingerprint density at radius 1 is 1.33 bits per heavy atom. The first-order valence-corrected chi connectivity index (χ1v) is 5.15. The van der Waals surface area contributed by atoms with Crippen molar-refractivity contribution < 1.29 is 13.2 Å². The number of nitrogens with two attached hydrogens (primary N) is 1. The summed E-state index contributed by atoms with van der Waals surface area (Å²) in [5.74, 6) is -1.17. The van der Waals surface area contributed by atoms with Crippen molar-refractivity contribution >= 4 is 5.82 Å². The van der Waals surface area contributed by atoms with Crippen molar-refractivity contribution in [2.75, 3.05) is 5.73 Å². The summed E-state index contributed by atoms with van der Waals surface area (Å²) in [7, 11) is 0. The first-order chi connectivity index (χ1) is 8.41. The summed E-state index contributed by atoms with van der Waals surface area (Å²) < 4.78 is 39.4. The Kier molecular flexibility index (Phi) is 2.93. The minimum absolute atomic E-state index is 0.0571. The number of nitrogen functional groups attached to an aromatic ring is 1. The van der Waals surface area contributed by atoms with E-state index in [1.54, 1.807) is 10.8 Å². The van der Waals surface area contributed by atoms with E-state index in [0.717, 1.165) is 0 Å². The van der Waals surface area contributed by atoms with Crippen molar-refractivity contribution in [1.82, 2.24) is 19.5 Å². The molecule has 2 heterocycles. The molecule has 0 unspecified atom stereocenters. The molecular formula is C10H10F3N5. The number of anilines is 1. The number of aromatic nitrogens is 4. The standard InChI is InChI=1S/C10H10F3N5/c1-2-18-4-3-15-8(18)6-5-7(14)17-9(16-6)10(11,12)13/h3-5H,2H2,1H3,(H2,14,16,17). The van der Waals surface area contributed by atoms with Crippen molar-refractivity contribution in [2.45, 2.75) is 19.6 Å². The number of nitrogens with zero attached hydrogens (tertiary/aromatic N) is 4. The molecule has 2 N–H and O–H groups in total. The van der Waals surface area contributed by atoms with Crippen LogP contribution in [0.25, 0.3) is 11.5 Å². The predicted octanol–water partition coefficient (Wildman–Crippen LogP) is 1.96. The van der Waals surface area contributed by atoms with Gasteiger partial charge in [-0.15, -0.1) is 0 Å². The number of halogens is 3. The van der Waals surface area contributed by atoms with Gasteiger partial charge in [-0.05, 0) is 6.92 Å². The fraction of sp³-hybridized carbons (Fsp3) is 0.300. The van der Waals surface area contributed by atoms with Crippen LogP contribution in [-0.2, 0) is 12.7 Å². The van der Waals surface area contributed by atoms with Crippen LogP contribution in [0.2, 0.25) is 0 Å². The fourth-order valence-electron chi connectivity index (χ4n) is 1.50. The van der Waals surface area contributed by atoms with Crippen LogP contribution in [0, 0.1) is 0 Å². The highest BCUT2D eigenvalue weighted by Gasteiger charge is 2.35. The van der Waals surface area contributed by atoms with Crippen LogP contribution in [0.15, 0.2) is 18.5 Å². The summed E-state index contributed by atoms with van der Waals surface area (Å²) in [5, 5.41) is 0. The van der Waals surface area contributed by atoms with Crippen LogP contribution in [0.4, 0.5) is 19.0 Å². The van der Waals surface area contributed by atoms with Crippen LogP contribution in [0.5, 0.6) is 0 Å². The highest BCUT2D eigenvalue weighted by molar-refractivity contribution is 5.54. The molecular weight excluding hydrogens is 247 g/mol. The van der Waals surface area contributed by atoms with Gasteiger partial charge in [-0.1, -0.05) is 0 Å². The zero-order valence-corrected chi connectivity index (χ0v) is 9.44. The second-order valence-electron chi connectivity index (χ2n) is 3.54. The van der Waals surface area contributed by atoms with Gasteiger partial charge in [0.1, 0.15) is 11.5 Å². The quantitative estimate of drug-likeness (QED) is 0.892. The van der Waals surface area contributed by atoms with Crippen LogP contribution in [-0.4, -0.2) is 19.5 Å². The highest BCUT2D eigenvalue weighted by atomic mass is 19.4. The highest BCUT2D eigenvalue weighted by Crippen LogP contribution is 2.28. The molecule has 0 aliphatic heterocycles. The number of aryl methyl sites for hydroxylation is 1. The first kappa shape index (κ1) is 12.3. The lowest BCUT2D eigenvalue weighted by Gasteiger charge is -2.09. The van der Waals surface area contributed by atoms with Crippen molar-refractivity contribution in [3.05, 3.63) is 24.3 Å². The monoisotopic (exact) mass is 257 g/mol. The molecule has 0 bridgehead atoms. The molecule has 0 amide bonds. The summed E-state index contributed by atoms with van der Waals surface area (Å²) in [6, 6.07) is 1.27. The lowest BCUT2D eigenvalue weighted by molar-refractivity contribution is -0.144. The molecule has 0 fully saturated rings. The topological polar surface area (TPSA) is 69.6 Å². The maximum Gasteiger partial charge on any atom is 0.451 e. The molecule has 0 aliphatic rings. The van der Waals surface area contributed by atoms with Gasteiger partial charge in [-0.2, -0.15) is 13.2 Å². The first-order valence-electron chi connectivity index (χ1n) is 5.15. The Morgan fingerprint density at radius 2 is 2.06 bits per heavy atom. The van der Waals surface area contributed by atoms with Crippen LogP contribution in [0.1, 0.15) is 12.7 Å². The summed E-state index contributed by atoms with van der Waals surface area (Å²) >= 11 is 0. The van der Waals surface area contributed by atoms with E-state index in [9.17, 15) is 13.2 Å². The van der Waals surface area contributed by atoms with E-state index in [2.05, 4.69) is 15.0 Å². The second-order valence-corrected chi connectivity index (χ2v) is 3.54. The van der Waals surface area contributed by atoms with E-state index in [-0.39, 0.29) is 11.5 Å². The Labute approximate surface area is 100 Å². The number of alkyl halides is 3. The minimum atomic E-state index is -4.63. The molecule has 0 saturated heterocycles. The van der Waals surface area contributed by atoms with E-state index >= 15 is 0 Å². The van der Waals surface area contributed by atoms with E-state index in [1.807, 2.05) is 6.92 Å². The SMILES string of the molecule is CCn1ccnc1-c1cc(N)nc(C(F)(F)F)n1. The van der Waals surface area contributed by atoms with Gasteiger partial charge in [-0.3, -0.25) is 0 Å². The number of rotatable bonds is 2. The molecule has 8 heteroatoms. The Balaban J connectivity index is 2.56. The third kappa shape index (κ3) is 2.27. The molecule has 0 radical (unpaired) electrons. The number of hydrogen-bond donors (Lipinski definition) is 1. The molecule has 0 aliphatic carbocycles. The van der Waals surface area contributed by atoms with Gasteiger partial charge >= 0.3 is 6.18 Å². The second kappa shape index (κ2) is 4.28. The Morgan fingerprint density at radius 3 is 2.67 bits per heavy atom. The van der Waals surface area contributed by atoms with Gasteiger partial charge in [0.15, 0.2) is 5.82 Å². The molecule has 18 heavy (non-hydrogen) atoms. The maximum absolute atomic E-state index is 12.6. The van der Waals surface area contributed by atoms with Crippen LogP contribution in [0.3, 0.4) is 0 Å². The van der Waals surface area contributed by atoms with Crippen molar-refractivity contribution in [3.63, 3.8) is 0 Å². The molecule has 2 aromatic rings. The Bertz CT molecular complexity index is 561. The molecule has 2 aromatic heterocycles. The van der Waals surface area contributed by atoms with Crippen LogP contribution < -0.4 is 5.73 Å². The third-order valence-corrected chi connectivity index (χ3v) is 2.28. The number of imidazole rings is 1. The largest absolute Gasteiger partial charge is 0.451 e. The van der Waals surface area contributed by atoms with Gasteiger partial charge in [0.2, 0.25) is 5.82 Å². The molecule has 2 rings (SSSR count). The Hall–Kier alpha value is -2.12. The van der Waals surface area contributed by atoms with Gasteiger partial charge < -0.3 is 10.3 Å². The molecule has 5 nitrogen and oxygen atoms in total. The zero-order chi connectivity index (χ0) is 13.3. The molecule has 0 aromatic carbocycles. The lowest BCUT2D eigenvalue weighted by atomic mass is 10.3. The van der Waals surface area contributed by atoms with Gasteiger partial charge in [0.05, 0.1) is 0 Å². The van der Waals surface area contributed by atoms with Gasteiger partial charge in [0.25, 0.3) is 0 Å². The van der Waals surface area contributed by atoms with E-state index in [4.69, 9.17) is 5.73 Å². The zero-order valence-electron chi connectivity index (χ0n) is 9.44. The number of hydrogen-bond acceptors (Lipinski definition) is 4. The van der Waals surface area contributed by atoms with Crippen molar-refractivity contribution in [3.8, 4) is 11.5 Å². The average Bonchev–Trinajstić information content (AvgIpc) is 2.74. The van der Waals surface area contributed by atoms with Crippen molar-refractivity contribution in [2.24, 2.45) is 0 Å². The van der Waals surface area contributed by atoms with Crippen LogP contribution >= 0.6 is 0 Å². The third-order valence-electron chi connectivity index (χ3n) is 2.28. The molecule has 0 atom stereocenters. The van der Waals surface area contributed by atoms with E-state index < -0.39 is 12.0 Å². The average molecular weight is 257 g/mol. The smallest absolute Gasteiger partial charge is 0.384 e. The molecule has 96 valence electrons. The van der Waals surface area contributed by atoms with E-state index in [1.165, 1.54) is 12.3 Å². The van der Waals surface area contributed by atoms with E-state index in [0.29, 0.717) is 12.4 Å². The summed E-state index contributed by atoms with van der Waals surface area (Å²) in [6.07, 6.45) is -1.49.